The Morgan fingerprint density at radius 2 is 0.793 bits per heavy atom. The molecule has 0 aliphatic carbocycles. The van der Waals surface area contributed by atoms with Gasteiger partial charge in [0.05, 0.1) is 0 Å². The summed E-state index contributed by atoms with van der Waals surface area (Å²) in [6.45, 7) is 22.4. The number of rotatable bonds is 6. The first kappa shape index (κ1) is 23.6. The predicted octanol–water partition coefficient (Wildman–Crippen LogP) is 8.25. The normalized spacial score (nSPS) is 13.2. The van der Waals surface area contributed by atoms with Gasteiger partial charge in [-0.3, -0.25) is 0 Å². The van der Waals surface area contributed by atoms with Crippen LogP contribution in [-0.4, -0.2) is 16.6 Å². The summed E-state index contributed by atoms with van der Waals surface area (Å²) in [5.41, 5.74) is 0. The summed E-state index contributed by atoms with van der Waals surface area (Å²) in [7, 11) is -3.95. The van der Waals surface area contributed by atoms with Gasteiger partial charge in [0.2, 0.25) is 0 Å². The minimum atomic E-state index is -1.98. The highest BCUT2D eigenvalue weighted by molar-refractivity contribution is 6.75. The van der Waals surface area contributed by atoms with Crippen molar-refractivity contribution in [1.82, 2.24) is 0 Å². The summed E-state index contributed by atoms with van der Waals surface area (Å²) in [5, 5.41) is 0.229. The van der Waals surface area contributed by atoms with Gasteiger partial charge in [0, 0.05) is 0 Å². The third-order valence-electron chi connectivity index (χ3n) is 6.26. The van der Waals surface area contributed by atoms with Crippen LogP contribution >= 0.6 is 0 Å². The van der Waals surface area contributed by atoms with Crippen molar-refractivity contribution in [3.63, 3.8) is 0 Å². The Morgan fingerprint density at radius 3 is 1.07 bits per heavy atom. The molecule has 2 aromatic rings. The van der Waals surface area contributed by atoms with Crippen LogP contribution in [0.5, 0.6) is 23.0 Å². The minimum absolute atomic E-state index is 0.115. The highest BCUT2D eigenvalue weighted by atomic mass is 28.4. The van der Waals surface area contributed by atoms with Gasteiger partial charge in [0.1, 0.15) is 11.5 Å². The van der Waals surface area contributed by atoms with Crippen LogP contribution < -0.4 is 13.6 Å². The van der Waals surface area contributed by atoms with Crippen molar-refractivity contribution in [2.45, 2.75) is 77.8 Å². The van der Waals surface area contributed by atoms with Crippen LogP contribution in [0.25, 0.3) is 0 Å². The average Bonchev–Trinajstić information content (AvgIpc) is 2.56. The zero-order valence-corrected chi connectivity index (χ0v) is 21.8. The monoisotopic (exact) mass is 430 g/mol. The zero-order chi connectivity index (χ0) is 22.1. The van der Waals surface area contributed by atoms with E-state index in [1.807, 2.05) is 48.5 Å². The molecule has 160 valence electrons. The second-order valence-corrected chi connectivity index (χ2v) is 20.2. The van der Waals surface area contributed by atoms with E-state index in [4.69, 9.17) is 13.6 Å². The lowest BCUT2D eigenvalue weighted by atomic mass is 10.2. The molecule has 0 radical (unpaired) electrons. The molecule has 0 aliphatic rings. The zero-order valence-electron chi connectivity index (χ0n) is 19.8. The fourth-order valence-electron chi connectivity index (χ4n) is 2.21. The summed E-state index contributed by atoms with van der Waals surface area (Å²) in [6.07, 6.45) is 0. The molecule has 5 heteroatoms. The molecule has 0 atom stereocenters. The lowest BCUT2D eigenvalue weighted by Crippen LogP contribution is -2.44. The fraction of sp³-hybridized carbons (Fsp3) is 0.500. The summed E-state index contributed by atoms with van der Waals surface area (Å²) in [6, 6.07) is 15.9. The van der Waals surface area contributed by atoms with Crippen LogP contribution in [0.15, 0.2) is 48.5 Å². The second-order valence-electron chi connectivity index (χ2n) is 10.7. The highest BCUT2D eigenvalue weighted by Crippen LogP contribution is 2.44. The van der Waals surface area contributed by atoms with Crippen LogP contribution in [0, 0.1) is 0 Å². The van der Waals surface area contributed by atoms with E-state index < -0.39 is 16.6 Å². The van der Waals surface area contributed by atoms with E-state index in [0.717, 1.165) is 23.0 Å². The van der Waals surface area contributed by atoms with Gasteiger partial charge in [-0.15, -0.1) is 0 Å². The van der Waals surface area contributed by atoms with Gasteiger partial charge in [0.25, 0.3) is 16.6 Å². The molecule has 0 saturated carbocycles. The smallest absolute Gasteiger partial charge is 0.250 e. The first-order valence-corrected chi connectivity index (χ1v) is 16.2. The molecule has 0 amide bonds. The maximum absolute atomic E-state index is 6.55. The molecule has 0 fully saturated rings. The molecule has 0 spiro atoms. The Bertz CT molecular complexity index is 761. The Hall–Kier alpha value is -1.73. The SMILES string of the molecule is CC(C)(C)[Si](C)(C)Oc1ccccc1Oc1ccccc1O[Si](C)(C)C(C)(C)C. The molecule has 0 bridgehead atoms. The molecule has 2 rings (SSSR count). The summed E-state index contributed by atoms with van der Waals surface area (Å²) < 4.78 is 19.4. The fourth-order valence-corrected chi connectivity index (χ4v) is 4.26. The number of para-hydroxylation sites is 4. The van der Waals surface area contributed by atoms with Gasteiger partial charge in [-0.25, -0.2) is 0 Å². The van der Waals surface area contributed by atoms with E-state index in [0.29, 0.717) is 0 Å². The average molecular weight is 431 g/mol. The number of benzene rings is 2. The molecule has 0 aromatic heterocycles. The maximum Gasteiger partial charge on any atom is 0.250 e. The standard InChI is InChI=1S/C24H38O3Si2/c1-23(2,3)28(7,8)26-21-17-13-11-15-19(21)25-20-16-12-14-18-22(20)27-29(9,10)24(4,5)6/h11-18H,1-10H3. The van der Waals surface area contributed by atoms with Gasteiger partial charge in [-0.1, -0.05) is 65.8 Å². The Kier molecular flexibility index (Phi) is 6.65. The van der Waals surface area contributed by atoms with Crippen molar-refractivity contribution in [1.29, 1.82) is 0 Å². The van der Waals surface area contributed by atoms with E-state index in [9.17, 15) is 0 Å². The molecule has 0 N–H and O–H groups in total. The van der Waals surface area contributed by atoms with Crippen LogP contribution in [0.1, 0.15) is 41.5 Å². The van der Waals surface area contributed by atoms with Crippen molar-refractivity contribution in [3.8, 4) is 23.0 Å². The quantitative estimate of drug-likeness (QED) is 0.432. The van der Waals surface area contributed by atoms with Gasteiger partial charge in [-0.05, 0) is 60.5 Å². The van der Waals surface area contributed by atoms with Crippen LogP contribution in [-0.2, 0) is 0 Å². The van der Waals surface area contributed by atoms with E-state index in [1.165, 1.54) is 0 Å². The van der Waals surface area contributed by atoms with Crippen LogP contribution in [0.4, 0.5) is 0 Å². The Labute approximate surface area is 179 Å². The number of hydrogen-bond acceptors (Lipinski definition) is 3. The highest BCUT2D eigenvalue weighted by Gasteiger charge is 2.40. The topological polar surface area (TPSA) is 27.7 Å². The van der Waals surface area contributed by atoms with Crippen LogP contribution in [0.2, 0.25) is 36.3 Å². The lowest BCUT2D eigenvalue weighted by molar-refractivity contribution is 0.407. The van der Waals surface area contributed by atoms with Crippen molar-refractivity contribution in [3.05, 3.63) is 48.5 Å². The molecule has 0 heterocycles. The molecule has 3 nitrogen and oxygen atoms in total. The van der Waals surface area contributed by atoms with Gasteiger partial charge < -0.3 is 13.6 Å². The largest absolute Gasteiger partial charge is 0.541 e. The predicted molar refractivity (Wildman–Crippen MR) is 129 cm³/mol. The van der Waals surface area contributed by atoms with Crippen LogP contribution in [0.3, 0.4) is 0 Å². The third kappa shape index (κ3) is 5.67. The lowest BCUT2D eigenvalue weighted by Gasteiger charge is -2.37. The van der Waals surface area contributed by atoms with E-state index in [1.54, 1.807) is 0 Å². The van der Waals surface area contributed by atoms with Crippen molar-refractivity contribution in [2.75, 3.05) is 0 Å². The molecule has 0 unspecified atom stereocenters. The van der Waals surface area contributed by atoms with Crippen molar-refractivity contribution >= 4 is 16.6 Å². The molecule has 0 aliphatic heterocycles. The summed E-state index contributed by atoms with van der Waals surface area (Å²) >= 11 is 0. The second kappa shape index (κ2) is 8.19. The van der Waals surface area contributed by atoms with E-state index >= 15 is 0 Å². The number of ether oxygens (including phenoxy) is 1. The van der Waals surface area contributed by atoms with Gasteiger partial charge >= 0.3 is 0 Å². The minimum Gasteiger partial charge on any atom is -0.541 e. The van der Waals surface area contributed by atoms with Crippen molar-refractivity contribution < 1.29 is 13.6 Å². The summed E-state index contributed by atoms with van der Waals surface area (Å²) in [4.78, 5) is 0. The summed E-state index contributed by atoms with van der Waals surface area (Å²) in [5.74, 6) is 3.04. The van der Waals surface area contributed by atoms with E-state index in [-0.39, 0.29) is 10.1 Å². The van der Waals surface area contributed by atoms with Gasteiger partial charge in [0.15, 0.2) is 11.5 Å². The Morgan fingerprint density at radius 1 is 0.517 bits per heavy atom. The third-order valence-corrected chi connectivity index (χ3v) is 14.9. The molecule has 29 heavy (non-hydrogen) atoms. The molecule has 2 aromatic carbocycles. The molecular weight excluding hydrogens is 392 g/mol. The first-order chi connectivity index (χ1) is 13.1. The Balaban J connectivity index is 2.35. The molecule has 0 saturated heterocycles. The van der Waals surface area contributed by atoms with E-state index in [2.05, 4.69) is 67.7 Å². The van der Waals surface area contributed by atoms with Gasteiger partial charge in [-0.2, -0.15) is 0 Å². The maximum atomic E-state index is 6.55. The van der Waals surface area contributed by atoms with Crippen molar-refractivity contribution in [2.24, 2.45) is 0 Å². The molecular formula is C24H38O3Si2. The number of hydrogen-bond donors (Lipinski definition) is 0. The first-order valence-electron chi connectivity index (χ1n) is 10.4.